The monoisotopic (exact) mass is 919 g/mol. The molecule has 0 aromatic carbocycles. The van der Waals surface area contributed by atoms with E-state index in [0.717, 1.165) is 77.0 Å². The van der Waals surface area contributed by atoms with Crippen LogP contribution in [0.2, 0.25) is 0 Å². The Hall–Kier alpha value is -2.92. The number of ether oxygens (including phenoxy) is 2. The number of carbonyl (C=O) groups excluding carboxylic acids is 2. The van der Waals surface area contributed by atoms with Crippen LogP contribution < -0.4 is 0 Å². The molecule has 0 heterocycles. The van der Waals surface area contributed by atoms with E-state index >= 15 is 0 Å². The molecule has 5 nitrogen and oxygen atoms in total. The van der Waals surface area contributed by atoms with E-state index in [2.05, 4.69) is 98.9 Å². The van der Waals surface area contributed by atoms with Crippen molar-refractivity contribution in [3.63, 3.8) is 0 Å². The first-order valence-corrected chi connectivity index (χ1v) is 28.1. The van der Waals surface area contributed by atoms with Gasteiger partial charge in [0.05, 0.1) is 6.61 Å². The van der Waals surface area contributed by atoms with Crippen molar-refractivity contribution in [3.8, 4) is 0 Å². The highest BCUT2D eigenvalue weighted by molar-refractivity contribution is 5.70. The Morgan fingerprint density at radius 1 is 0.364 bits per heavy atom. The zero-order valence-electron chi connectivity index (χ0n) is 43.4. The molecule has 66 heavy (non-hydrogen) atoms. The van der Waals surface area contributed by atoms with Crippen LogP contribution in [0.4, 0.5) is 0 Å². The van der Waals surface area contributed by atoms with Crippen LogP contribution in [0.15, 0.2) is 85.1 Å². The Morgan fingerprint density at radius 2 is 0.652 bits per heavy atom. The number of aliphatic hydroxyl groups is 1. The van der Waals surface area contributed by atoms with Crippen molar-refractivity contribution in [2.24, 2.45) is 0 Å². The van der Waals surface area contributed by atoms with E-state index in [-0.39, 0.29) is 25.2 Å². The first-order valence-electron chi connectivity index (χ1n) is 28.1. The quantitative estimate of drug-likeness (QED) is 0.0374. The maximum absolute atomic E-state index is 12.3. The Morgan fingerprint density at radius 3 is 1.00 bits per heavy atom. The predicted octanol–water partition coefficient (Wildman–Crippen LogP) is 19.0. The summed E-state index contributed by atoms with van der Waals surface area (Å²) in [6.07, 6.45) is 78.3. The Bertz CT molecular complexity index is 1220. The second kappa shape index (κ2) is 56.4. The zero-order chi connectivity index (χ0) is 47.7. The van der Waals surface area contributed by atoms with Gasteiger partial charge in [-0.3, -0.25) is 9.59 Å². The highest BCUT2D eigenvalue weighted by Crippen LogP contribution is 2.16. The lowest BCUT2D eigenvalue weighted by molar-refractivity contribution is -0.161. The third-order valence-corrected chi connectivity index (χ3v) is 12.2. The number of unbranched alkanes of at least 4 members (excludes halogenated alkanes) is 29. The molecule has 5 heteroatoms. The number of hydrogen-bond acceptors (Lipinski definition) is 5. The van der Waals surface area contributed by atoms with Gasteiger partial charge in [0.1, 0.15) is 6.61 Å². The van der Waals surface area contributed by atoms with Crippen molar-refractivity contribution in [1.82, 2.24) is 0 Å². The van der Waals surface area contributed by atoms with E-state index in [9.17, 15) is 14.7 Å². The largest absolute Gasteiger partial charge is 0.462 e. The molecule has 0 saturated carbocycles. The summed E-state index contributed by atoms with van der Waals surface area (Å²) in [5, 5.41) is 9.65. The van der Waals surface area contributed by atoms with Crippen LogP contribution in [0.5, 0.6) is 0 Å². The molecule has 1 atom stereocenters. The molecule has 0 spiro atoms. The molecule has 0 aliphatic rings. The van der Waals surface area contributed by atoms with Crippen molar-refractivity contribution in [2.75, 3.05) is 13.2 Å². The standard InChI is InChI=1S/C61H106O5/c1-3-5-7-9-11-13-15-17-19-21-23-25-26-27-28-29-30-31-32-33-34-36-38-40-42-44-46-48-50-52-54-56-61(64)66-59(57-62)58-65-60(63)55-53-51-49-47-45-43-41-39-37-35-24-22-20-18-16-14-12-10-8-6-4-2/h5,7,11,13,17,19,22-25,27-28,30-31,59,62H,3-4,6,8-10,12,14-16,18,20-21,26,29,32-58H2,1-2H3/b7-5-,13-11-,19-17-,24-22-,25-23-,28-27-,31-30-. The maximum Gasteiger partial charge on any atom is 0.306 e. The van der Waals surface area contributed by atoms with Gasteiger partial charge in [-0.15, -0.1) is 0 Å². The minimum Gasteiger partial charge on any atom is -0.462 e. The summed E-state index contributed by atoms with van der Waals surface area (Å²) in [4.78, 5) is 24.5. The van der Waals surface area contributed by atoms with Crippen LogP contribution in [0.3, 0.4) is 0 Å². The van der Waals surface area contributed by atoms with Crippen molar-refractivity contribution in [3.05, 3.63) is 85.1 Å². The minimum absolute atomic E-state index is 0.0690. The summed E-state index contributed by atoms with van der Waals surface area (Å²) >= 11 is 0. The van der Waals surface area contributed by atoms with Gasteiger partial charge in [0.2, 0.25) is 0 Å². The van der Waals surface area contributed by atoms with E-state index in [1.165, 1.54) is 167 Å². The van der Waals surface area contributed by atoms with Crippen LogP contribution in [0, 0.1) is 0 Å². The molecule has 0 saturated heterocycles. The number of allylic oxidation sites excluding steroid dienone is 14. The third kappa shape index (κ3) is 53.7. The van der Waals surface area contributed by atoms with Gasteiger partial charge < -0.3 is 14.6 Å². The summed E-state index contributed by atoms with van der Waals surface area (Å²) in [7, 11) is 0. The van der Waals surface area contributed by atoms with Gasteiger partial charge in [-0.25, -0.2) is 0 Å². The molecule has 1 unspecified atom stereocenters. The fourth-order valence-corrected chi connectivity index (χ4v) is 7.97. The average Bonchev–Trinajstić information content (AvgIpc) is 3.32. The number of esters is 2. The fourth-order valence-electron chi connectivity index (χ4n) is 7.97. The SMILES string of the molecule is CC/C=C\C/C=C\C/C=C\C/C=C\C/C=C\C/C=C\CCCCCCCCCCCCCCC(=O)OC(CO)COC(=O)CCCCCCCCCCC/C=C\CCCCCCCCCC. The van der Waals surface area contributed by atoms with Gasteiger partial charge in [0.15, 0.2) is 6.10 Å². The van der Waals surface area contributed by atoms with Gasteiger partial charge in [-0.1, -0.05) is 253 Å². The minimum atomic E-state index is -0.778. The molecule has 0 amide bonds. The molecule has 0 aliphatic heterocycles. The molecule has 0 radical (unpaired) electrons. The summed E-state index contributed by atoms with van der Waals surface area (Å²) in [5.41, 5.74) is 0. The average molecular weight is 920 g/mol. The van der Waals surface area contributed by atoms with Crippen molar-refractivity contribution in [1.29, 1.82) is 0 Å². The lowest BCUT2D eigenvalue weighted by Crippen LogP contribution is -2.28. The molecule has 0 bridgehead atoms. The van der Waals surface area contributed by atoms with E-state index in [1.807, 2.05) is 0 Å². The van der Waals surface area contributed by atoms with Crippen LogP contribution in [-0.4, -0.2) is 36.4 Å². The Balaban J connectivity index is 3.51. The molecule has 0 aliphatic carbocycles. The predicted molar refractivity (Wildman–Crippen MR) is 288 cm³/mol. The van der Waals surface area contributed by atoms with Crippen LogP contribution in [0.1, 0.15) is 271 Å². The van der Waals surface area contributed by atoms with Gasteiger partial charge in [-0.2, -0.15) is 0 Å². The molecule has 0 rings (SSSR count). The topological polar surface area (TPSA) is 72.8 Å². The molecular weight excluding hydrogens is 813 g/mol. The number of aliphatic hydroxyl groups excluding tert-OH is 1. The summed E-state index contributed by atoms with van der Waals surface area (Å²) < 4.78 is 10.7. The van der Waals surface area contributed by atoms with Gasteiger partial charge in [0.25, 0.3) is 0 Å². The van der Waals surface area contributed by atoms with Gasteiger partial charge in [-0.05, 0) is 89.9 Å². The lowest BCUT2D eigenvalue weighted by atomic mass is 10.0. The Labute approximate surface area is 409 Å². The second-order valence-electron chi connectivity index (χ2n) is 18.6. The number of hydrogen-bond donors (Lipinski definition) is 1. The van der Waals surface area contributed by atoms with Crippen molar-refractivity contribution in [2.45, 2.75) is 277 Å². The summed E-state index contributed by atoms with van der Waals surface area (Å²) in [5.74, 6) is -0.590. The maximum atomic E-state index is 12.3. The summed E-state index contributed by atoms with van der Waals surface area (Å²) in [6, 6.07) is 0. The van der Waals surface area contributed by atoms with E-state index in [1.54, 1.807) is 0 Å². The van der Waals surface area contributed by atoms with E-state index in [4.69, 9.17) is 9.47 Å². The molecule has 0 aromatic heterocycles. The Kier molecular flexibility index (Phi) is 53.9. The number of carbonyl (C=O) groups is 2. The number of rotatable bonds is 51. The lowest BCUT2D eigenvalue weighted by Gasteiger charge is -2.15. The van der Waals surface area contributed by atoms with Gasteiger partial charge >= 0.3 is 11.9 Å². The van der Waals surface area contributed by atoms with Crippen molar-refractivity contribution < 1.29 is 24.2 Å². The molecule has 0 fully saturated rings. The second-order valence-corrected chi connectivity index (χ2v) is 18.6. The highest BCUT2D eigenvalue weighted by atomic mass is 16.6. The van der Waals surface area contributed by atoms with Crippen LogP contribution in [-0.2, 0) is 19.1 Å². The zero-order valence-corrected chi connectivity index (χ0v) is 43.4. The molecular formula is C61H106O5. The first-order chi connectivity index (χ1) is 32.6. The third-order valence-electron chi connectivity index (χ3n) is 12.2. The van der Waals surface area contributed by atoms with Gasteiger partial charge in [0, 0.05) is 12.8 Å². The molecule has 1 N–H and O–H groups in total. The van der Waals surface area contributed by atoms with E-state index in [0.29, 0.717) is 12.8 Å². The van der Waals surface area contributed by atoms with Crippen LogP contribution >= 0.6 is 0 Å². The van der Waals surface area contributed by atoms with E-state index < -0.39 is 6.10 Å². The normalized spacial score (nSPS) is 12.8. The summed E-state index contributed by atoms with van der Waals surface area (Å²) in [6.45, 7) is 4.04. The molecule has 0 aromatic rings. The first kappa shape index (κ1) is 63.1. The fraction of sp³-hybridized carbons (Fsp3) is 0.738. The molecule has 380 valence electrons. The highest BCUT2D eigenvalue weighted by Gasteiger charge is 2.16. The smallest absolute Gasteiger partial charge is 0.306 e. The van der Waals surface area contributed by atoms with Crippen molar-refractivity contribution >= 4 is 11.9 Å². The van der Waals surface area contributed by atoms with Crippen LogP contribution in [0.25, 0.3) is 0 Å².